The second-order valence-corrected chi connectivity index (χ2v) is 5.84. The molecule has 0 atom stereocenters. The van der Waals surface area contributed by atoms with Crippen molar-refractivity contribution in [3.05, 3.63) is 33.9 Å². The Morgan fingerprint density at radius 1 is 1.45 bits per heavy atom. The summed E-state index contributed by atoms with van der Waals surface area (Å²) in [7, 11) is 0. The lowest BCUT2D eigenvalue weighted by molar-refractivity contribution is 0.102. The number of halogens is 1. The van der Waals surface area contributed by atoms with Crippen LogP contribution in [0.25, 0.3) is 0 Å². The highest BCUT2D eigenvalue weighted by molar-refractivity contribution is 7.15. The van der Waals surface area contributed by atoms with Crippen LogP contribution in [0.5, 0.6) is 0 Å². The van der Waals surface area contributed by atoms with Crippen molar-refractivity contribution < 1.29 is 4.79 Å². The molecular formula is C13H15ClN4OS. The van der Waals surface area contributed by atoms with E-state index in [9.17, 15) is 4.79 Å². The SMILES string of the molecule is CCCNc1cc(C(=O)Nc2ncc(C)s2)cc(Cl)n1. The number of carbonyl (C=O) groups excluding carboxylic acids is 1. The maximum absolute atomic E-state index is 12.1. The summed E-state index contributed by atoms with van der Waals surface area (Å²) in [6.07, 6.45) is 2.68. The molecule has 5 nitrogen and oxygen atoms in total. The molecule has 7 heteroatoms. The Balaban J connectivity index is 2.14. The largest absolute Gasteiger partial charge is 0.370 e. The van der Waals surface area contributed by atoms with Gasteiger partial charge >= 0.3 is 0 Å². The molecular weight excluding hydrogens is 296 g/mol. The highest BCUT2D eigenvalue weighted by atomic mass is 35.5. The fourth-order valence-electron chi connectivity index (χ4n) is 1.55. The molecule has 2 aromatic rings. The van der Waals surface area contributed by atoms with E-state index < -0.39 is 0 Å². The van der Waals surface area contributed by atoms with Gasteiger partial charge in [0.05, 0.1) is 0 Å². The molecule has 2 aromatic heterocycles. The van der Waals surface area contributed by atoms with Crippen molar-refractivity contribution in [2.75, 3.05) is 17.2 Å². The van der Waals surface area contributed by atoms with E-state index >= 15 is 0 Å². The minimum Gasteiger partial charge on any atom is -0.370 e. The molecule has 0 bridgehead atoms. The minimum atomic E-state index is -0.247. The van der Waals surface area contributed by atoms with E-state index in [1.54, 1.807) is 12.3 Å². The monoisotopic (exact) mass is 310 g/mol. The minimum absolute atomic E-state index is 0.247. The molecule has 0 aliphatic carbocycles. The van der Waals surface area contributed by atoms with Crippen LogP contribution in [0.1, 0.15) is 28.6 Å². The Morgan fingerprint density at radius 3 is 2.90 bits per heavy atom. The molecule has 2 N–H and O–H groups in total. The molecule has 0 aromatic carbocycles. The van der Waals surface area contributed by atoms with Gasteiger partial charge in [-0.15, -0.1) is 11.3 Å². The van der Waals surface area contributed by atoms with Crippen LogP contribution in [-0.4, -0.2) is 22.4 Å². The second-order valence-electron chi connectivity index (χ2n) is 4.22. The number of nitrogens with zero attached hydrogens (tertiary/aromatic N) is 2. The quantitative estimate of drug-likeness (QED) is 0.828. The van der Waals surface area contributed by atoms with Crippen molar-refractivity contribution in [1.82, 2.24) is 9.97 Å². The van der Waals surface area contributed by atoms with Crippen molar-refractivity contribution in [2.24, 2.45) is 0 Å². The third-order valence-corrected chi connectivity index (χ3v) is 3.48. The Hall–Kier alpha value is -1.66. The van der Waals surface area contributed by atoms with Crippen LogP contribution in [0.15, 0.2) is 18.3 Å². The number of rotatable bonds is 5. The molecule has 2 rings (SSSR count). The fourth-order valence-corrected chi connectivity index (χ4v) is 2.42. The number of aryl methyl sites for hydroxylation is 1. The number of amides is 1. The van der Waals surface area contributed by atoms with Crippen LogP contribution in [0.2, 0.25) is 5.15 Å². The van der Waals surface area contributed by atoms with Gasteiger partial charge in [0.25, 0.3) is 5.91 Å². The summed E-state index contributed by atoms with van der Waals surface area (Å²) in [6.45, 7) is 4.76. The zero-order chi connectivity index (χ0) is 14.5. The number of nitrogens with one attached hydrogen (secondary N) is 2. The van der Waals surface area contributed by atoms with Crippen LogP contribution in [0.3, 0.4) is 0 Å². The van der Waals surface area contributed by atoms with Crippen LogP contribution >= 0.6 is 22.9 Å². The molecule has 0 saturated heterocycles. The van der Waals surface area contributed by atoms with E-state index in [1.807, 2.05) is 6.92 Å². The topological polar surface area (TPSA) is 66.9 Å². The number of anilines is 2. The van der Waals surface area contributed by atoms with E-state index in [2.05, 4.69) is 27.5 Å². The average molecular weight is 311 g/mol. The van der Waals surface area contributed by atoms with Gasteiger partial charge in [0.2, 0.25) is 0 Å². The highest BCUT2D eigenvalue weighted by Gasteiger charge is 2.11. The van der Waals surface area contributed by atoms with Crippen molar-refractivity contribution >= 4 is 39.8 Å². The smallest absolute Gasteiger partial charge is 0.257 e. The van der Waals surface area contributed by atoms with E-state index in [-0.39, 0.29) is 11.1 Å². The van der Waals surface area contributed by atoms with Gasteiger partial charge in [0.15, 0.2) is 5.13 Å². The third-order valence-electron chi connectivity index (χ3n) is 2.45. The molecule has 106 valence electrons. The number of aromatic nitrogens is 2. The van der Waals surface area contributed by atoms with Gasteiger partial charge in [-0.05, 0) is 25.5 Å². The summed E-state index contributed by atoms with van der Waals surface area (Å²) < 4.78 is 0. The first-order chi connectivity index (χ1) is 9.58. The molecule has 0 aliphatic heterocycles. The summed E-state index contributed by atoms with van der Waals surface area (Å²) in [5, 5.41) is 6.71. The summed E-state index contributed by atoms with van der Waals surface area (Å²) >= 11 is 7.36. The van der Waals surface area contributed by atoms with E-state index in [4.69, 9.17) is 11.6 Å². The van der Waals surface area contributed by atoms with Gasteiger partial charge in [0, 0.05) is 23.2 Å². The lowest BCUT2D eigenvalue weighted by Crippen LogP contribution is -2.13. The molecule has 0 unspecified atom stereocenters. The predicted octanol–water partition coefficient (Wildman–Crippen LogP) is 3.57. The first-order valence-corrected chi connectivity index (χ1v) is 7.43. The van der Waals surface area contributed by atoms with E-state index in [0.29, 0.717) is 16.5 Å². The average Bonchev–Trinajstić information content (AvgIpc) is 2.81. The maximum atomic E-state index is 12.1. The Morgan fingerprint density at radius 2 is 2.25 bits per heavy atom. The summed E-state index contributed by atoms with van der Waals surface area (Å²) in [5.74, 6) is 0.350. The third kappa shape index (κ3) is 3.91. The predicted molar refractivity (Wildman–Crippen MR) is 82.8 cm³/mol. The molecule has 2 heterocycles. The number of pyridine rings is 1. The first kappa shape index (κ1) is 14.7. The van der Waals surface area contributed by atoms with E-state index in [0.717, 1.165) is 17.8 Å². The molecule has 0 saturated carbocycles. The Labute approximate surface area is 126 Å². The molecule has 0 aliphatic rings. The van der Waals surface area contributed by atoms with E-state index in [1.165, 1.54) is 17.4 Å². The Bertz CT molecular complexity index is 614. The van der Waals surface area contributed by atoms with Gasteiger partial charge in [-0.25, -0.2) is 9.97 Å². The van der Waals surface area contributed by atoms with Crippen molar-refractivity contribution in [3.63, 3.8) is 0 Å². The van der Waals surface area contributed by atoms with Gasteiger partial charge in [-0.2, -0.15) is 0 Å². The van der Waals surface area contributed by atoms with Crippen LogP contribution < -0.4 is 10.6 Å². The number of hydrogen-bond donors (Lipinski definition) is 2. The highest BCUT2D eigenvalue weighted by Crippen LogP contribution is 2.19. The lowest BCUT2D eigenvalue weighted by atomic mass is 10.2. The zero-order valence-corrected chi connectivity index (χ0v) is 12.8. The molecule has 0 radical (unpaired) electrons. The van der Waals surface area contributed by atoms with Crippen molar-refractivity contribution in [3.8, 4) is 0 Å². The summed E-state index contributed by atoms with van der Waals surface area (Å²) in [6, 6.07) is 3.21. The number of thiazole rings is 1. The molecule has 1 amide bonds. The van der Waals surface area contributed by atoms with Crippen LogP contribution in [0.4, 0.5) is 10.9 Å². The standard InChI is InChI=1S/C13H15ClN4OS/c1-3-4-15-11-6-9(5-10(14)17-11)12(19)18-13-16-7-8(2)20-13/h5-7H,3-4H2,1-2H3,(H,15,17)(H,16,18,19). The first-order valence-electron chi connectivity index (χ1n) is 6.23. The van der Waals surface area contributed by atoms with Gasteiger partial charge in [-0.3, -0.25) is 10.1 Å². The summed E-state index contributed by atoms with van der Waals surface area (Å²) in [5.41, 5.74) is 0.455. The Kier molecular flexibility index (Phi) is 4.92. The lowest BCUT2D eigenvalue weighted by Gasteiger charge is -2.07. The van der Waals surface area contributed by atoms with Crippen molar-refractivity contribution in [1.29, 1.82) is 0 Å². The van der Waals surface area contributed by atoms with Crippen molar-refractivity contribution in [2.45, 2.75) is 20.3 Å². The molecule has 20 heavy (non-hydrogen) atoms. The molecule has 0 fully saturated rings. The normalized spacial score (nSPS) is 10.3. The number of hydrogen-bond acceptors (Lipinski definition) is 5. The van der Waals surface area contributed by atoms with Gasteiger partial charge < -0.3 is 5.32 Å². The van der Waals surface area contributed by atoms with Gasteiger partial charge in [0.1, 0.15) is 11.0 Å². The van der Waals surface area contributed by atoms with Crippen LogP contribution in [-0.2, 0) is 0 Å². The number of carbonyl (C=O) groups is 1. The zero-order valence-electron chi connectivity index (χ0n) is 11.2. The second kappa shape index (κ2) is 6.67. The fraction of sp³-hybridized carbons (Fsp3) is 0.308. The van der Waals surface area contributed by atoms with Gasteiger partial charge in [-0.1, -0.05) is 18.5 Å². The molecule has 0 spiro atoms. The summed E-state index contributed by atoms with van der Waals surface area (Å²) in [4.78, 5) is 21.4. The van der Waals surface area contributed by atoms with Crippen LogP contribution in [0, 0.1) is 6.92 Å². The maximum Gasteiger partial charge on any atom is 0.257 e.